The van der Waals surface area contributed by atoms with Crippen molar-refractivity contribution in [3.63, 3.8) is 0 Å². The summed E-state index contributed by atoms with van der Waals surface area (Å²) in [6, 6.07) is 1.59. The SMILES string of the molecule is COC1CN(CC2CC3CCC2N3)CC1OC. The smallest absolute Gasteiger partial charge is 0.0971 e. The van der Waals surface area contributed by atoms with Crippen LogP contribution in [-0.4, -0.2) is 63.0 Å². The van der Waals surface area contributed by atoms with Crippen LogP contribution in [0.3, 0.4) is 0 Å². The highest BCUT2D eigenvalue weighted by Gasteiger charge is 2.41. The second kappa shape index (κ2) is 4.84. The molecular formula is C13H24N2O2. The van der Waals surface area contributed by atoms with Crippen LogP contribution in [0.4, 0.5) is 0 Å². The van der Waals surface area contributed by atoms with E-state index in [4.69, 9.17) is 9.47 Å². The van der Waals surface area contributed by atoms with E-state index >= 15 is 0 Å². The molecule has 5 atom stereocenters. The second-order valence-corrected chi connectivity index (χ2v) is 5.81. The van der Waals surface area contributed by atoms with E-state index in [9.17, 15) is 0 Å². The monoisotopic (exact) mass is 240 g/mol. The Kier molecular flexibility index (Phi) is 3.39. The van der Waals surface area contributed by atoms with Crippen LogP contribution >= 0.6 is 0 Å². The van der Waals surface area contributed by atoms with E-state index in [1.54, 1.807) is 14.2 Å². The number of nitrogens with zero attached hydrogens (tertiary/aromatic N) is 1. The van der Waals surface area contributed by atoms with Gasteiger partial charge in [-0.1, -0.05) is 0 Å². The fourth-order valence-corrected chi connectivity index (χ4v) is 3.89. The van der Waals surface area contributed by atoms with Crippen LogP contribution in [0, 0.1) is 5.92 Å². The average Bonchev–Trinajstić information content (AvgIpc) is 3.02. The molecule has 3 saturated heterocycles. The number of fused-ring (bicyclic) bond motifs is 2. The Balaban J connectivity index is 1.53. The third-order valence-electron chi connectivity index (χ3n) is 4.82. The molecule has 5 unspecified atom stereocenters. The zero-order chi connectivity index (χ0) is 11.8. The quantitative estimate of drug-likeness (QED) is 0.774. The van der Waals surface area contributed by atoms with Crippen LogP contribution in [-0.2, 0) is 9.47 Å². The average molecular weight is 240 g/mol. The first-order valence-corrected chi connectivity index (χ1v) is 6.84. The number of ether oxygens (including phenoxy) is 2. The first kappa shape index (κ1) is 11.9. The van der Waals surface area contributed by atoms with Gasteiger partial charge in [-0.3, -0.25) is 4.90 Å². The van der Waals surface area contributed by atoms with Crippen molar-refractivity contribution < 1.29 is 9.47 Å². The molecule has 4 heteroatoms. The predicted octanol–water partition coefficient (Wildman–Crippen LogP) is 0.473. The molecule has 0 aromatic heterocycles. The number of rotatable bonds is 4. The standard InChI is InChI=1S/C13H24N2O2/c1-16-12-7-15(8-13(12)17-2)6-9-5-10-3-4-11(9)14-10/h9-14H,3-8H2,1-2H3. The van der Waals surface area contributed by atoms with Crippen molar-refractivity contribution in [2.24, 2.45) is 5.92 Å². The molecule has 0 amide bonds. The summed E-state index contributed by atoms with van der Waals surface area (Å²) in [5, 5.41) is 3.71. The van der Waals surface area contributed by atoms with Crippen molar-refractivity contribution in [2.45, 2.75) is 43.6 Å². The van der Waals surface area contributed by atoms with Gasteiger partial charge in [-0.05, 0) is 25.2 Å². The van der Waals surface area contributed by atoms with Gasteiger partial charge in [-0.25, -0.2) is 0 Å². The van der Waals surface area contributed by atoms with Crippen LogP contribution in [0.25, 0.3) is 0 Å². The summed E-state index contributed by atoms with van der Waals surface area (Å²) >= 11 is 0. The number of likely N-dealkylation sites (tertiary alicyclic amines) is 1. The van der Waals surface area contributed by atoms with Crippen molar-refractivity contribution in [2.75, 3.05) is 33.9 Å². The van der Waals surface area contributed by atoms with Gasteiger partial charge in [0.25, 0.3) is 0 Å². The number of hydrogen-bond acceptors (Lipinski definition) is 4. The Morgan fingerprint density at radius 3 is 2.29 bits per heavy atom. The third-order valence-corrected chi connectivity index (χ3v) is 4.82. The van der Waals surface area contributed by atoms with E-state index in [2.05, 4.69) is 10.2 Å². The minimum Gasteiger partial charge on any atom is -0.377 e. The van der Waals surface area contributed by atoms with Gasteiger partial charge in [0.1, 0.15) is 0 Å². The molecule has 3 heterocycles. The lowest BCUT2D eigenvalue weighted by Gasteiger charge is -2.25. The Labute approximate surface area is 104 Å². The molecule has 0 saturated carbocycles. The number of nitrogens with one attached hydrogen (secondary N) is 1. The topological polar surface area (TPSA) is 33.7 Å². The lowest BCUT2D eigenvalue weighted by Crippen LogP contribution is -2.34. The minimum absolute atomic E-state index is 0.256. The Morgan fingerprint density at radius 1 is 1.12 bits per heavy atom. The summed E-state index contributed by atoms with van der Waals surface area (Å²) in [6.07, 6.45) is 4.65. The summed E-state index contributed by atoms with van der Waals surface area (Å²) in [7, 11) is 3.58. The van der Waals surface area contributed by atoms with Crippen LogP contribution < -0.4 is 5.32 Å². The molecule has 2 bridgehead atoms. The van der Waals surface area contributed by atoms with Gasteiger partial charge in [-0.2, -0.15) is 0 Å². The molecule has 0 aromatic rings. The Bertz CT molecular complexity index is 262. The highest BCUT2D eigenvalue weighted by atomic mass is 16.5. The minimum atomic E-state index is 0.256. The van der Waals surface area contributed by atoms with Crippen LogP contribution in [0.5, 0.6) is 0 Å². The first-order valence-electron chi connectivity index (χ1n) is 6.84. The van der Waals surface area contributed by atoms with Crippen molar-refractivity contribution in [1.29, 1.82) is 0 Å². The van der Waals surface area contributed by atoms with E-state index in [0.717, 1.165) is 31.1 Å². The van der Waals surface area contributed by atoms with Crippen molar-refractivity contribution in [3.05, 3.63) is 0 Å². The molecule has 3 fully saturated rings. The van der Waals surface area contributed by atoms with Gasteiger partial charge < -0.3 is 14.8 Å². The van der Waals surface area contributed by atoms with Crippen LogP contribution in [0.1, 0.15) is 19.3 Å². The molecule has 1 N–H and O–H groups in total. The summed E-state index contributed by atoms with van der Waals surface area (Å²) in [6.45, 7) is 3.28. The summed E-state index contributed by atoms with van der Waals surface area (Å²) in [5.74, 6) is 0.849. The highest BCUT2D eigenvalue weighted by Crippen LogP contribution is 2.34. The predicted molar refractivity (Wildman–Crippen MR) is 66.1 cm³/mol. The van der Waals surface area contributed by atoms with Gasteiger partial charge in [0, 0.05) is 45.9 Å². The lowest BCUT2D eigenvalue weighted by molar-refractivity contribution is -0.00461. The fourth-order valence-electron chi connectivity index (χ4n) is 3.89. The van der Waals surface area contributed by atoms with E-state index in [0.29, 0.717) is 0 Å². The molecule has 0 aromatic carbocycles. The maximum absolute atomic E-state index is 5.49. The largest absolute Gasteiger partial charge is 0.377 e. The van der Waals surface area contributed by atoms with Crippen molar-refractivity contribution in [1.82, 2.24) is 10.2 Å². The Morgan fingerprint density at radius 2 is 1.82 bits per heavy atom. The van der Waals surface area contributed by atoms with Gasteiger partial charge in [0.2, 0.25) is 0 Å². The highest BCUT2D eigenvalue weighted by molar-refractivity contribution is 4.99. The van der Waals surface area contributed by atoms with Crippen molar-refractivity contribution >= 4 is 0 Å². The summed E-state index contributed by atoms with van der Waals surface area (Å²) in [4.78, 5) is 2.52. The Hall–Kier alpha value is -0.160. The van der Waals surface area contributed by atoms with Gasteiger partial charge >= 0.3 is 0 Å². The lowest BCUT2D eigenvalue weighted by atomic mass is 9.89. The van der Waals surface area contributed by atoms with Gasteiger partial charge in [-0.15, -0.1) is 0 Å². The molecule has 98 valence electrons. The molecule has 4 nitrogen and oxygen atoms in total. The second-order valence-electron chi connectivity index (χ2n) is 5.81. The third kappa shape index (κ3) is 2.24. The molecule has 3 aliphatic rings. The van der Waals surface area contributed by atoms with E-state index < -0.39 is 0 Å². The first-order chi connectivity index (χ1) is 8.30. The normalized spacial score (nSPS) is 45.9. The van der Waals surface area contributed by atoms with E-state index in [1.165, 1.54) is 25.8 Å². The zero-order valence-corrected chi connectivity index (χ0v) is 10.9. The summed E-state index contributed by atoms with van der Waals surface area (Å²) in [5.41, 5.74) is 0. The molecule has 3 aliphatic heterocycles. The van der Waals surface area contributed by atoms with Gasteiger partial charge in [0.15, 0.2) is 0 Å². The molecular weight excluding hydrogens is 216 g/mol. The van der Waals surface area contributed by atoms with Gasteiger partial charge in [0.05, 0.1) is 12.2 Å². The van der Waals surface area contributed by atoms with E-state index in [1.807, 2.05) is 0 Å². The van der Waals surface area contributed by atoms with Crippen LogP contribution in [0.2, 0.25) is 0 Å². The molecule has 0 aliphatic carbocycles. The maximum atomic E-state index is 5.49. The molecule has 17 heavy (non-hydrogen) atoms. The molecule has 3 rings (SSSR count). The zero-order valence-electron chi connectivity index (χ0n) is 10.9. The number of methoxy groups -OCH3 is 2. The fraction of sp³-hybridized carbons (Fsp3) is 1.00. The molecule has 0 radical (unpaired) electrons. The molecule has 0 spiro atoms. The van der Waals surface area contributed by atoms with Crippen molar-refractivity contribution in [3.8, 4) is 0 Å². The maximum Gasteiger partial charge on any atom is 0.0971 e. The van der Waals surface area contributed by atoms with Crippen LogP contribution in [0.15, 0.2) is 0 Å². The summed E-state index contributed by atoms with van der Waals surface area (Å²) < 4.78 is 11.0. The number of hydrogen-bond donors (Lipinski definition) is 1. The van der Waals surface area contributed by atoms with E-state index in [-0.39, 0.29) is 12.2 Å².